The number of halogens is 1. The van der Waals surface area contributed by atoms with E-state index in [9.17, 15) is 4.79 Å². The molecule has 3 aromatic rings. The third-order valence-corrected chi connectivity index (χ3v) is 4.88. The predicted molar refractivity (Wildman–Crippen MR) is 113 cm³/mol. The lowest BCUT2D eigenvalue weighted by Gasteiger charge is -2.14. The Balaban J connectivity index is 1.99. The zero-order chi connectivity index (χ0) is 19.6. The van der Waals surface area contributed by atoms with Crippen LogP contribution in [0.3, 0.4) is 0 Å². The van der Waals surface area contributed by atoms with Crippen LogP contribution in [0.1, 0.15) is 30.5 Å². The lowest BCUT2D eigenvalue weighted by molar-refractivity contribution is -0.111. The molecule has 0 spiro atoms. The van der Waals surface area contributed by atoms with E-state index in [2.05, 4.69) is 21.2 Å². The van der Waals surface area contributed by atoms with Gasteiger partial charge in [0.25, 0.3) is 0 Å². The molecular weight excluding hydrogens is 406 g/mol. The molecule has 0 saturated heterocycles. The van der Waals surface area contributed by atoms with Gasteiger partial charge in [0.2, 0.25) is 5.91 Å². The predicted octanol–water partition coefficient (Wildman–Crippen LogP) is 6.25. The van der Waals surface area contributed by atoms with Crippen LogP contribution < -0.4 is 10.1 Å². The van der Waals surface area contributed by atoms with Crippen LogP contribution in [0.4, 0.5) is 5.69 Å². The van der Waals surface area contributed by atoms with Gasteiger partial charge < -0.3 is 14.5 Å². The van der Waals surface area contributed by atoms with E-state index in [-0.39, 0.29) is 5.91 Å². The van der Waals surface area contributed by atoms with E-state index >= 15 is 0 Å². The van der Waals surface area contributed by atoms with Gasteiger partial charge in [-0.1, -0.05) is 22.0 Å². The van der Waals surface area contributed by atoms with Crippen LogP contribution in [0.25, 0.3) is 16.5 Å². The summed E-state index contributed by atoms with van der Waals surface area (Å²) in [4.78, 5) is 12.5. The molecule has 0 saturated carbocycles. The van der Waals surface area contributed by atoms with Gasteiger partial charge in [-0.25, -0.2) is 0 Å². The van der Waals surface area contributed by atoms with Crippen molar-refractivity contribution in [3.8, 4) is 5.75 Å². The SMILES string of the molecule is CCOc1c(/C(C)=C/C(=O)Nc2cccc(Br)c2)cc2c(C)coc2c1C. The van der Waals surface area contributed by atoms with E-state index in [0.717, 1.165) is 49.1 Å². The Morgan fingerprint density at radius 1 is 1.30 bits per heavy atom. The largest absolute Gasteiger partial charge is 0.493 e. The Morgan fingerprint density at radius 3 is 2.78 bits per heavy atom. The summed E-state index contributed by atoms with van der Waals surface area (Å²) in [5, 5.41) is 3.92. The number of fused-ring (bicyclic) bond motifs is 1. The Hall–Kier alpha value is -2.53. The highest BCUT2D eigenvalue weighted by Gasteiger charge is 2.17. The topological polar surface area (TPSA) is 51.5 Å². The monoisotopic (exact) mass is 427 g/mol. The van der Waals surface area contributed by atoms with Gasteiger partial charge in [0, 0.05) is 32.7 Å². The van der Waals surface area contributed by atoms with Crippen LogP contribution in [0, 0.1) is 13.8 Å². The molecule has 0 bridgehead atoms. The van der Waals surface area contributed by atoms with Crippen molar-refractivity contribution in [2.24, 2.45) is 0 Å². The number of ether oxygens (including phenoxy) is 1. The first-order chi connectivity index (χ1) is 12.9. The molecule has 2 aromatic carbocycles. The Bertz CT molecular complexity index is 1030. The normalized spacial score (nSPS) is 11.7. The molecule has 0 unspecified atom stereocenters. The molecule has 140 valence electrons. The molecule has 1 aromatic heterocycles. The second-order valence-corrected chi connectivity index (χ2v) is 7.35. The fraction of sp³-hybridized carbons (Fsp3) is 0.227. The lowest BCUT2D eigenvalue weighted by Crippen LogP contribution is -2.09. The molecule has 1 N–H and O–H groups in total. The van der Waals surface area contributed by atoms with E-state index in [0.29, 0.717) is 6.61 Å². The van der Waals surface area contributed by atoms with E-state index in [1.807, 2.05) is 58.0 Å². The van der Waals surface area contributed by atoms with Crippen LogP contribution >= 0.6 is 15.9 Å². The van der Waals surface area contributed by atoms with E-state index in [1.54, 1.807) is 12.3 Å². The van der Waals surface area contributed by atoms with Gasteiger partial charge in [0.15, 0.2) is 0 Å². The molecule has 27 heavy (non-hydrogen) atoms. The van der Waals surface area contributed by atoms with Crippen LogP contribution in [0.2, 0.25) is 0 Å². The highest BCUT2D eigenvalue weighted by molar-refractivity contribution is 9.10. The van der Waals surface area contributed by atoms with Gasteiger partial charge in [-0.2, -0.15) is 0 Å². The minimum atomic E-state index is -0.185. The Morgan fingerprint density at radius 2 is 2.07 bits per heavy atom. The highest BCUT2D eigenvalue weighted by Crippen LogP contribution is 2.37. The molecule has 1 amide bonds. The average Bonchev–Trinajstić information content (AvgIpc) is 2.98. The second kappa shape index (κ2) is 8.01. The van der Waals surface area contributed by atoms with Crippen molar-refractivity contribution in [3.05, 3.63) is 63.8 Å². The second-order valence-electron chi connectivity index (χ2n) is 6.43. The highest BCUT2D eigenvalue weighted by atomic mass is 79.9. The summed E-state index contributed by atoms with van der Waals surface area (Å²) < 4.78 is 12.5. The molecule has 3 rings (SSSR count). The van der Waals surface area contributed by atoms with Crippen LogP contribution in [0.5, 0.6) is 5.75 Å². The first-order valence-electron chi connectivity index (χ1n) is 8.80. The fourth-order valence-corrected chi connectivity index (χ4v) is 3.48. The number of rotatable bonds is 5. The van der Waals surface area contributed by atoms with Crippen LogP contribution in [-0.2, 0) is 4.79 Å². The zero-order valence-electron chi connectivity index (χ0n) is 15.9. The quantitative estimate of drug-likeness (QED) is 0.489. The van der Waals surface area contributed by atoms with Crippen molar-refractivity contribution in [1.82, 2.24) is 0 Å². The zero-order valence-corrected chi connectivity index (χ0v) is 17.4. The number of benzene rings is 2. The van der Waals surface area contributed by atoms with Crippen molar-refractivity contribution in [2.75, 3.05) is 11.9 Å². The van der Waals surface area contributed by atoms with Gasteiger partial charge in [-0.15, -0.1) is 0 Å². The first kappa shape index (κ1) is 19.2. The standard InChI is InChI=1S/C22H22BrNO3/c1-5-26-21-15(4)22-19(14(3)12-27-22)11-18(21)13(2)9-20(25)24-17-8-6-7-16(23)10-17/h6-12H,5H2,1-4H3,(H,24,25)/b13-9+. The number of hydrogen-bond acceptors (Lipinski definition) is 3. The summed E-state index contributed by atoms with van der Waals surface area (Å²) in [5.41, 5.74) is 5.29. The summed E-state index contributed by atoms with van der Waals surface area (Å²) in [7, 11) is 0. The van der Waals surface area contributed by atoms with Crippen LogP contribution in [-0.4, -0.2) is 12.5 Å². The minimum absolute atomic E-state index is 0.185. The maximum atomic E-state index is 12.5. The molecule has 0 aliphatic heterocycles. The van der Waals surface area contributed by atoms with Gasteiger partial charge in [0.1, 0.15) is 11.3 Å². The smallest absolute Gasteiger partial charge is 0.248 e. The van der Waals surface area contributed by atoms with Crippen LogP contribution in [0.15, 0.2) is 51.6 Å². The summed E-state index contributed by atoms with van der Waals surface area (Å²) in [5.74, 6) is 0.568. The third kappa shape index (κ3) is 4.08. The van der Waals surface area contributed by atoms with Gasteiger partial charge in [-0.05, 0) is 63.1 Å². The summed E-state index contributed by atoms with van der Waals surface area (Å²) >= 11 is 3.41. The molecule has 0 radical (unpaired) electrons. The summed E-state index contributed by atoms with van der Waals surface area (Å²) in [6.45, 7) is 8.39. The van der Waals surface area contributed by atoms with E-state index in [4.69, 9.17) is 9.15 Å². The number of anilines is 1. The number of hydrogen-bond donors (Lipinski definition) is 1. The molecule has 0 aliphatic carbocycles. The number of aryl methyl sites for hydroxylation is 2. The molecule has 1 heterocycles. The molecule has 0 fully saturated rings. The summed E-state index contributed by atoms with van der Waals surface area (Å²) in [6.07, 6.45) is 3.34. The van der Waals surface area contributed by atoms with E-state index < -0.39 is 0 Å². The number of allylic oxidation sites excluding steroid dienone is 1. The molecule has 0 atom stereocenters. The number of carbonyl (C=O) groups is 1. The van der Waals surface area contributed by atoms with Crippen molar-refractivity contribution in [2.45, 2.75) is 27.7 Å². The van der Waals surface area contributed by atoms with E-state index in [1.165, 1.54) is 0 Å². The van der Waals surface area contributed by atoms with Crippen molar-refractivity contribution in [1.29, 1.82) is 0 Å². The lowest BCUT2D eigenvalue weighted by atomic mass is 9.98. The fourth-order valence-electron chi connectivity index (χ4n) is 3.08. The van der Waals surface area contributed by atoms with Gasteiger partial charge in [0.05, 0.1) is 12.9 Å². The Labute approximate surface area is 167 Å². The third-order valence-electron chi connectivity index (χ3n) is 4.39. The van der Waals surface area contributed by atoms with Crippen molar-refractivity contribution in [3.63, 3.8) is 0 Å². The maximum absolute atomic E-state index is 12.5. The number of nitrogens with one attached hydrogen (secondary N) is 1. The summed E-state index contributed by atoms with van der Waals surface area (Å²) in [6, 6.07) is 9.53. The van der Waals surface area contributed by atoms with Gasteiger partial charge >= 0.3 is 0 Å². The molecule has 4 nitrogen and oxygen atoms in total. The number of amides is 1. The van der Waals surface area contributed by atoms with Crippen molar-refractivity contribution >= 4 is 44.1 Å². The van der Waals surface area contributed by atoms with Crippen molar-refractivity contribution < 1.29 is 13.9 Å². The molecule has 5 heteroatoms. The number of furan rings is 1. The molecular formula is C22H22BrNO3. The maximum Gasteiger partial charge on any atom is 0.248 e. The molecule has 0 aliphatic rings. The van der Waals surface area contributed by atoms with Gasteiger partial charge in [-0.3, -0.25) is 4.79 Å². The number of carbonyl (C=O) groups excluding carboxylic acids is 1. The first-order valence-corrected chi connectivity index (χ1v) is 9.59. The average molecular weight is 428 g/mol. The minimum Gasteiger partial charge on any atom is -0.493 e. The Kier molecular flexibility index (Phi) is 5.71.